The molecular weight excluding hydrogens is 311 g/mol. The number of hydrogen-bond donors (Lipinski definition) is 0. The Morgan fingerprint density at radius 3 is 2.42 bits per heavy atom. The van der Waals surface area contributed by atoms with E-state index < -0.39 is 0 Å². The normalized spacial score (nSPS) is 10.5. The zero-order valence-electron chi connectivity index (χ0n) is 10.5. The van der Waals surface area contributed by atoms with E-state index in [0.29, 0.717) is 13.2 Å². The third-order valence-electron chi connectivity index (χ3n) is 2.70. The molecule has 0 radical (unpaired) electrons. The van der Waals surface area contributed by atoms with E-state index >= 15 is 0 Å². The number of benzene rings is 2. The molecule has 0 bridgehead atoms. The molecule has 0 saturated carbocycles. The monoisotopic (exact) mass is 324 g/mol. The minimum Gasteiger partial charge on any atom is -0.497 e. The molecule has 0 aliphatic heterocycles. The summed E-state index contributed by atoms with van der Waals surface area (Å²) in [6, 6.07) is 12.3. The second-order valence-corrected chi connectivity index (χ2v) is 4.93. The molecule has 0 spiro atoms. The summed E-state index contributed by atoms with van der Waals surface area (Å²) in [5.74, 6) is 0.566. The van der Waals surface area contributed by atoms with E-state index in [1.165, 1.54) is 12.1 Å². The highest BCUT2D eigenvalue weighted by Crippen LogP contribution is 2.19. The fourth-order valence-electron chi connectivity index (χ4n) is 1.64. The maximum absolute atomic E-state index is 12.9. The van der Waals surface area contributed by atoms with Gasteiger partial charge in [-0.3, -0.25) is 0 Å². The molecule has 4 heteroatoms. The molecule has 19 heavy (non-hydrogen) atoms. The highest BCUT2D eigenvalue weighted by molar-refractivity contribution is 9.10. The number of methoxy groups -OCH3 is 1. The zero-order valence-corrected chi connectivity index (χ0v) is 12.1. The van der Waals surface area contributed by atoms with E-state index in [0.717, 1.165) is 21.3 Å². The van der Waals surface area contributed by atoms with Crippen molar-refractivity contribution in [3.05, 3.63) is 63.9 Å². The summed E-state index contributed by atoms with van der Waals surface area (Å²) in [5.41, 5.74) is 1.99. The molecule has 0 atom stereocenters. The molecular formula is C15H14BrFO2. The quantitative estimate of drug-likeness (QED) is 0.815. The summed E-state index contributed by atoms with van der Waals surface area (Å²) in [7, 11) is 1.64. The van der Waals surface area contributed by atoms with Crippen molar-refractivity contribution in [3.63, 3.8) is 0 Å². The Morgan fingerprint density at radius 1 is 1.05 bits per heavy atom. The lowest BCUT2D eigenvalue weighted by molar-refractivity contribution is 0.106. The van der Waals surface area contributed by atoms with Crippen LogP contribution < -0.4 is 4.74 Å². The van der Waals surface area contributed by atoms with Gasteiger partial charge in [0.2, 0.25) is 0 Å². The van der Waals surface area contributed by atoms with Crippen LogP contribution in [0.4, 0.5) is 4.39 Å². The van der Waals surface area contributed by atoms with Crippen LogP contribution in [-0.2, 0) is 18.0 Å². The molecule has 0 saturated heterocycles. The number of ether oxygens (including phenoxy) is 2. The van der Waals surface area contributed by atoms with Gasteiger partial charge < -0.3 is 9.47 Å². The minimum absolute atomic E-state index is 0.259. The summed E-state index contributed by atoms with van der Waals surface area (Å²) in [6.45, 7) is 0.945. The first-order valence-corrected chi connectivity index (χ1v) is 6.63. The van der Waals surface area contributed by atoms with E-state index in [1.54, 1.807) is 13.2 Å². The second-order valence-electron chi connectivity index (χ2n) is 4.08. The molecule has 0 amide bonds. The van der Waals surface area contributed by atoms with Crippen LogP contribution in [0.2, 0.25) is 0 Å². The maximum atomic E-state index is 12.9. The number of rotatable bonds is 5. The van der Waals surface area contributed by atoms with Crippen molar-refractivity contribution in [2.45, 2.75) is 13.2 Å². The van der Waals surface area contributed by atoms with Crippen LogP contribution in [0.5, 0.6) is 5.75 Å². The molecule has 2 aromatic rings. The van der Waals surface area contributed by atoms with Gasteiger partial charge in [-0.05, 0) is 35.4 Å². The molecule has 0 N–H and O–H groups in total. The Hall–Kier alpha value is -1.39. The van der Waals surface area contributed by atoms with E-state index in [9.17, 15) is 4.39 Å². The molecule has 2 rings (SSSR count). The number of hydrogen-bond acceptors (Lipinski definition) is 2. The van der Waals surface area contributed by atoms with Gasteiger partial charge in [0.25, 0.3) is 0 Å². The molecule has 0 unspecified atom stereocenters. The average Bonchev–Trinajstić information content (AvgIpc) is 2.42. The van der Waals surface area contributed by atoms with Crippen LogP contribution in [0.15, 0.2) is 46.9 Å². The van der Waals surface area contributed by atoms with Crippen LogP contribution in [-0.4, -0.2) is 7.11 Å². The second kappa shape index (κ2) is 6.68. The summed E-state index contributed by atoms with van der Waals surface area (Å²) >= 11 is 3.32. The van der Waals surface area contributed by atoms with Gasteiger partial charge in [-0.1, -0.05) is 34.1 Å². The summed E-state index contributed by atoms with van der Waals surface area (Å²) in [4.78, 5) is 0. The molecule has 0 aliphatic carbocycles. The van der Waals surface area contributed by atoms with Crippen molar-refractivity contribution in [3.8, 4) is 5.75 Å². The largest absolute Gasteiger partial charge is 0.497 e. The summed E-state index contributed by atoms with van der Waals surface area (Å²) < 4.78 is 24.3. The topological polar surface area (TPSA) is 18.5 Å². The van der Waals surface area contributed by atoms with Crippen LogP contribution in [0.3, 0.4) is 0 Å². The summed E-state index contributed by atoms with van der Waals surface area (Å²) in [5, 5.41) is 0. The molecule has 100 valence electrons. The molecule has 2 aromatic carbocycles. The third-order valence-corrected chi connectivity index (χ3v) is 3.44. The van der Waals surface area contributed by atoms with Crippen LogP contribution in [0, 0.1) is 5.82 Å². The van der Waals surface area contributed by atoms with Crippen molar-refractivity contribution in [2.75, 3.05) is 7.11 Å². The SMILES string of the molecule is COc1ccc(COCc2ccc(F)cc2Br)cc1. The van der Waals surface area contributed by atoms with Crippen molar-refractivity contribution in [2.24, 2.45) is 0 Å². The summed E-state index contributed by atoms with van der Waals surface area (Å²) in [6.07, 6.45) is 0. The van der Waals surface area contributed by atoms with Gasteiger partial charge in [0, 0.05) is 4.47 Å². The van der Waals surface area contributed by atoms with Crippen molar-refractivity contribution in [1.82, 2.24) is 0 Å². The van der Waals surface area contributed by atoms with Gasteiger partial charge in [0.1, 0.15) is 11.6 Å². The van der Waals surface area contributed by atoms with Crippen molar-refractivity contribution >= 4 is 15.9 Å². The molecule has 0 fully saturated rings. The van der Waals surface area contributed by atoms with Gasteiger partial charge in [0.15, 0.2) is 0 Å². The first-order valence-electron chi connectivity index (χ1n) is 5.83. The molecule has 0 heterocycles. The highest BCUT2D eigenvalue weighted by atomic mass is 79.9. The Labute approximate surface area is 120 Å². The lowest BCUT2D eigenvalue weighted by Crippen LogP contribution is -1.95. The molecule has 0 aliphatic rings. The first kappa shape index (κ1) is 14.0. The van der Waals surface area contributed by atoms with Gasteiger partial charge in [0.05, 0.1) is 20.3 Å². The predicted octanol–water partition coefficient (Wildman–Crippen LogP) is 4.31. The first-order chi connectivity index (χ1) is 9.19. The van der Waals surface area contributed by atoms with Gasteiger partial charge in [-0.15, -0.1) is 0 Å². The van der Waals surface area contributed by atoms with E-state index in [-0.39, 0.29) is 5.82 Å². The Kier molecular flexibility index (Phi) is 4.93. The standard InChI is InChI=1S/C15H14BrFO2/c1-18-14-6-2-11(3-7-14)9-19-10-12-4-5-13(17)8-15(12)16/h2-8H,9-10H2,1H3. The fraction of sp³-hybridized carbons (Fsp3) is 0.200. The Bertz CT molecular complexity index is 540. The van der Waals surface area contributed by atoms with E-state index in [1.807, 2.05) is 24.3 Å². The average molecular weight is 325 g/mol. The van der Waals surface area contributed by atoms with Gasteiger partial charge in [-0.2, -0.15) is 0 Å². The Balaban J connectivity index is 1.88. The highest BCUT2D eigenvalue weighted by Gasteiger charge is 2.02. The van der Waals surface area contributed by atoms with E-state index in [2.05, 4.69) is 15.9 Å². The maximum Gasteiger partial charge on any atom is 0.124 e. The number of halogens is 2. The van der Waals surface area contributed by atoms with Crippen LogP contribution >= 0.6 is 15.9 Å². The van der Waals surface area contributed by atoms with E-state index in [4.69, 9.17) is 9.47 Å². The lowest BCUT2D eigenvalue weighted by Gasteiger charge is -2.07. The van der Waals surface area contributed by atoms with Crippen molar-refractivity contribution in [1.29, 1.82) is 0 Å². The molecule has 2 nitrogen and oxygen atoms in total. The minimum atomic E-state index is -0.259. The van der Waals surface area contributed by atoms with Crippen molar-refractivity contribution < 1.29 is 13.9 Å². The Morgan fingerprint density at radius 2 is 1.79 bits per heavy atom. The third kappa shape index (κ3) is 4.04. The van der Waals surface area contributed by atoms with Gasteiger partial charge in [-0.25, -0.2) is 4.39 Å². The lowest BCUT2D eigenvalue weighted by atomic mass is 10.2. The smallest absolute Gasteiger partial charge is 0.124 e. The van der Waals surface area contributed by atoms with Crippen LogP contribution in [0.25, 0.3) is 0 Å². The fourth-order valence-corrected chi connectivity index (χ4v) is 2.10. The predicted molar refractivity (Wildman–Crippen MR) is 75.6 cm³/mol. The molecule has 0 aromatic heterocycles. The zero-order chi connectivity index (χ0) is 13.7. The van der Waals surface area contributed by atoms with Crippen LogP contribution in [0.1, 0.15) is 11.1 Å². The van der Waals surface area contributed by atoms with Gasteiger partial charge >= 0.3 is 0 Å².